The third-order valence-corrected chi connectivity index (χ3v) is 6.20. The van der Waals surface area contributed by atoms with E-state index in [1.165, 1.54) is 23.7 Å². The highest BCUT2D eigenvalue weighted by atomic mass is 32.2. The summed E-state index contributed by atoms with van der Waals surface area (Å²) in [5.74, 6) is -0.0977. The first-order chi connectivity index (χ1) is 12.5. The van der Waals surface area contributed by atoms with Crippen LogP contribution in [0.1, 0.15) is 29.6 Å². The van der Waals surface area contributed by atoms with Crippen molar-refractivity contribution in [2.24, 2.45) is 0 Å². The number of carbonyl (C=O) groups is 1. The Hall–Kier alpha value is -2.45. The van der Waals surface area contributed by atoms with E-state index in [2.05, 4.69) is 10.3 Å². The maximum absolute atomic E-state index is 13.0. The minimum Gasteiger partial charge on any atom is -0.495 e. The Labute approximate surface area is 153 Å². The third kappa shape index (κ3) is 3.86. The molecule has 138 valence electrons. The van der Waals surface area contributed by atoms with Crippen LogP contribution in [0.4, 0.5) is 5.69 Å². The van der Waals surface area contributed by atoms with Crippen LogP contribution in [-0.4, -0.2) is 43.8 Å². The van der Waals surface area contributed by atoms with Gasteiger partial charge in [0, 0.05) is 31.2 Å². The minimum atomic E-state index is -3.68. The molecule has 3 rings (SSSR count). The van der Waals surface area contributed by atoms with Crippen LogP contribution in [0, 0.1) is 0 Å². The third-order valence-electron chi connectivity index (χ3n) is 4.28. The van der Waals surface area contributed by atoms with Crippen LogP contribution < -0.4 is 10.1 Å². The topological polar surface area (TPSA) is 88.6 Å². The molecule has 1 aromatic carbocycles. The van der Waals surface area contributed by atoms with E-state index < -0.39 is 10.0 Å². The lowest BCUT2D eigenvalue weighted by atomic mass is 10.2. The maximum atomic E-state index is 13.0. The molecule has 2 aromatic rings. The molecule has 0 atom stereocenters. The van der Waals surface area contributed by atoms with Gasteiger partial charge < -0.3 is 10.1 Å². The van der Waals surface area contributed by atoms with E-state index in [0.717, 1.165) is 19.3 Å². The van der Waals surface area contributed by atoms with Crippen molar-refractivity contribution in [1.29, 1.82) is 0 Å². The lowest BCUT2D eigenvalue weighted by Crippen LogP contribution is -2.35. The number of hydrogen-bond acceptors (Lipinski definition) is 5. The molecule has 1 aromatic heterocycles. The minimum absolute atomic E-state index is 0.0610. The zero-order chi connectivity index (χ0) is 18.6. The molecule has 8 heteroatoms. The molecule has 0 unspecified atom stereocenters. The Morgan fingerprint density at radius 3 is 2.62 bits per heavy atom. The van der Waals surface area contributed by atoms with Gasteiger partial charge in [-0.2, -0.15) is 4.31 Å². The van der Waals surface area contributed by atoms with Gasteiger partial charge in [0.1, 0.15) is 10.6 Å². The Morgan fingerprint density at radius 2 is 1.96 bits per heavy atom. The smallest absolute Gasteiger partial charge is 0.257 e. The molecule has 1 amide bonds. The first-order valence-corrected chi connectivity index (χ1v) is 9.86. The molecule has 1 N–H and O–H groups in total. The number of nitrogens with one attached hydrogen (secondary N) is 1. The van der Waals surface area contributed by atoms with Crippen LogP contribution in [0.25, 0.3) is 0 Å². The van der Waals surface area contributed by atoms with Crippen molar-refractivity contribution in [1.82, 2.24) is 9.29 Å². The van der Waals surface area contributed by atoms with Gasteiger partial charge in [0.2, 0.25) is 10.0 Å². The van der Waals surface area contributed by atoms with Crippen LogP contribution in [0.3, 0.4) is 0 Å². The number of rotatable bonds is 5. The van der Waals surface area contributed by atoms with Gasteiger partial charge in [-0.3, -0.25) is 9.78 Å². The first-order valence-electron chi connectivity index (χ1n) is 8.42. The van der Waals surface area contributed by atoms with Crippen molar-refractivity contribution < 1.29 is 17.9 Å². The highest BCUT2D eigenvalue weighted by Crippen LogP contribution is 2.31. The van der Waals surface area contributed by atoms with Crippen molar-refractivity contribution in [3.05, 3.63) is 48.3 Å². The number of nitrogens with zero attached hydrogens (tertiary/aromatic N) is 2. The molecule has 1 aliphatic heterocycles. The normalized spacial score (nSPS) is 15.4. The van der Waals surface area contributed by atoms with Gasteiger partial charge in [-0.15, -0.1) is 0 Å². The Bertz CT molecular complexity index is 879. The molecular weight excluding hydrogens is 354 g/mol. The van der Waals surface area contributed by atoms with E-state index in [1.807, 2.05) is 0 Å². The van der Waals surface area contributed by atoms with Gasteiger partial charge in [-0.25, -0.2) is 8.42 Å². The second-order valence-electron chi connectivity index (χ2n) is 6.03. The number of hydrogen-bond donors (Lipinski definition) is 1. The Balaban J connectivity index is 1.90. The van der Waals surface area contributed by atoms with Crippen LogP contribution in [0.5, 0.6) is 5.75 Å². The summed E-state index contributed by atoms with van der Waals surface area (Å²) in [4.78, 5) is 16.3. The highest BCUT2D eigenvalue weighted by molar-refractivity contribution is 7.89. The number of ether oxygens (including phenoxy) is 1. The molecule has 0 radical (unpaired) electrons. The first kappa shape index (κ1) is 18.3. The SMILES string of the molecule is COc1ccc(NC(=O)c2cccnc2)cc1S(=O)(=O)N1CCCCC1. The summed E-state index contributed by atoms with van der Waals surface area (Å²) in [5, 5.41) is 2.71. The number of aromatic nitrogens is 1. The van der Waals surface area contributed by atoms with Crippen molar-refractivity contribution in [3.8, 4) is 5.75 Å². The summed E-state index contributed by atoms with van der Waals surface area (Å²) >= 11 is 0. The second kappa shape index (κ2) is 7.84. The predicted octanol–water partition coefficient (Wildman–Crippen LogP) is 2.52. The fourth-order valence-corrected chi connectivity index (χ4v) is 4.60. The predicted molar refractivity (Wildman–Crippen MR) is 97.8 cm³/mol. The number of pyridine rings is 1. The number of piperidine rings is 1. The monoisotopic (exact) mass is 375 g/mol. The fourth-order valence-electron chi connectivity index (χ4n) is 2.90. The van der Waals surface area contributed by atoms with Gasteiger partial charge in [-0.1, -0.05) is 6.42 Å². The number of sulfonamides is 1. The molecule has 7 nitrogen and oxygen atoms in total. The summed E-state index contributed by atoms with van der Waals surface area (Å²) in [6, 6.07) is 7.90. The van der Waals surface area contributed by atoms with E-state index >= 15 is 0 Å². The summed E-state index contributed by atoms with van der Waals surface area (Å²) in [6.45, 7) is 0.996. The van der Waals surface area contributed by atoms with Crippen molar-refractivity contribution >= 4 is 21.6 Å². The molecule has 1 fully saturated rings. The molecule has 1 saturated heterocycles. The summed E-state index contributed by atoms with van der Waals surface area (Å²) in [6.07, 6.45) is 5.75. The zero-order valence-electron chi connectivity index (χ0n) is 14.5. The Morgan fingerprint density at radius 1 is 1.19 bits per heavy atom. The molecule has 0 spiro atoms. The Kier molecular flexibility index (Phi) is 5.53. The van der Waals surface area contributed by atoms with Gasteiger partial charge in [0.25, 0.3) is 5.91 Å². The lowest BCUT2D eigenvalue weighted by Gasteiger charge is -2.26. The average Bonchev–Trinajstić information content (AvgIpc) is 2.69. The zero-order valence-corrected chi connectivity index (χ0v) is 15.3. The van der Waals surface area contributed by atoms with E-state index in [1.54, 1.807) is 30.5 Å². The quantitative estimate of drug-likeness (QED) is 0.867. The highest BCUT2D eigenvalue weighted by Gasteiger charge is 2.29. The molecule has 0 saturated carbocycles. The summed E-state index contributed by atoms with van der Waals surface area (Å²) in [7, 11) is -2.25. The van der Waals surface area contributed by atoms with E-state index in [4.69, 9.17) is 4.74 Å². The largest absolute Gasteiger partial charge is 0.495 e. The van der Waals surface area contributed by atoms with Gasteiger partial charge in [0.15, 0.2) is 0 Å². The number of methoxy groups -OCH3 is 1. The lowest BCUT2D eigenvalue weighted by molar-refractivity contribution is 0.102. The van der Waals surface area contributed by atoms with Gasteiger partial charge in [-0.05, 0) is 43.2 Å². The van der Waals surface area contributed by atoms with Gasteiger partial charge >= 0.3 is 0 Å². The van der Waals surface area contributed by atoms with E-state index in [0.29, 0.717) is 24.3 Å². The number of amides is 1. The summed E-state index contributed by atoms with van der Waals surface area (Å²) in [5.41, 5.74) is 0.777. The molecule has 0 aliphatic carbocycles. The summed E-state index contributed by atoms with van der Waals surface area (Å²) < 4.78 is 32.7. The van der Waals surface area contributed by atoms with Crippen molar-refractivity contribution in [3.63, 3.8) is 0 Å². The molecule has 0 bridgehead atoms. The van der Waals surface area contributed by atoms with Crippen molar-refractivity contribution in [2.45, 2.75) is 24.2 Å². The van der Waals surface area contributed by atoms with Crippen LogP contribution in [0.2, 0.25) is 0 Å². The molecule has 2 heterocycles. The number of benzene rings is 1. The maximum Gasteiger partial charge on any atom is 0.257 e. The molecule has 1 aliphatic rings. The fraction of sp³-hybridized carbons (Fsp3) is 0.333. The van der Waals surface area contributed by atoms with E-state index in [9.17, 15) is 13.2 Å². The number of carbonyl (C=O) groups excluding carboxylic acids is 1. The standard InChI is InChI=1S/C18H21N3O4S/c1-25-16-8-7-15(20-18(22)14-6-5-9-19-13-14)12-17(16)26(23,24)21-10-3-2-4-11-21/h5-9,12-13H,2-4,10-11H2,1H3,(H,20,22). The van der Waals surface area contributed by atoms with Crippen LogP contribution in [-0.2, 0) is 10.0 Å². The van der Waals surface area contributed by atoms with Crippen molar-refractivity contribution in [2.75, 3.05) is 25.5 Å². The molecular formula is C18H21N3O4S. The molecule has 26 heavy (non-hydrogen) atoms. The van der Waals surface area contributed by atoms with Crippen LogP contribution in [0.15, 0.2) is 47.6 Å². The average molecular weight is 375 g/mol. The number of anilines is 1. The second-order valence-corrected chi connectivity index (χ2v) is 7.93. The van der Waals surface area contributed by atoms with Gasteiger partial charge in [0.05, 0.1) is 12.7 Å². The van der Waals surface area contributed by atoms with E-state index in [-0.39, 0.29) is 16.6 Å². The van der Waals surface area contributed by atoms with Crippen LogP contribution >= 0.6 is 0 Å².